The molecule has 0 saturated heterocycles. The van der Waals surface area contributed by atoms with Crippen molar-refractivity contribution in [1.29, 1.82) is 0 Å². The minimum Gasteiger partial charge on any atom is -0.370 e. The Balaban J connectivity index is 3.85. The SMILES string of the molecule is CC(C)NC(N)=NCC(C)(C)C. The molecule has 0 fully saturated rings. The Morgan fingerprint density at radius 3 is 2.25 bits per heavy atom. The largest absolute Gasteiger partial charge is 0.370 e. The summed E-state index contributed by atoms with van der Waals surface area (Å²) in [5.41, 5.74) is 5.83. The molecule has 0 aliphatic carbocycles. The van der Waals surface area contributed by atoms with Crippen LogP contribution < -0.4 is 11.1 Å². The number of nitrogens with two attached hydrogens (primary N) is 1. The predicted octanol–water partition coefficient (Wildman–Crippen LogP) is 1.35. The highest BCUT2D eigenvalue weighted by molar-refractivity contribution is 5.78. The Morgan fingerprint density at radius 1 is 1.42 bits per heavy atom. The molecule has 0 aliphatic heterocycles. The second-order valence-electron chi connectivity index (χ2n) is 4.56. The average molecular weight is 171 g/mol. The molecule has 3 heteroatoms. The van der Waals surface area contributed by atoms with Crippen molar-refractivity contribution in [2.75, 3.05) is 6.54 Å². The number of aliphatic imine (C=N–C) groups is 1. The lowest BCUT2D eigenvalue weighted by Crippen LogP contribution is -2.37. The molecule has 3 N–H and O–H groups in total. The van der Waals surface area contributed by atoms with Crippen LogP contribution in [0.1, 0.15) is 34.6 Å². The molecule has 0 aliphatic rings. The molecule has 0 aromatic rings. The van der Waals surface area contributed by atoms with Crippen molar-refractivity contribution in [3.63, 3.8) is 0 Å². The Morgan fingerprint density at radius 2 is 1.92 bits per heavy atom. The van der Waals surface area contributed by atoms with Crippen molar-refractivity contribution in [2.45, 2.75) is 40.7 Å². The van der Waals surface area contributed by atoms with Gasteiger partial charge in [-0.2, -0.15) is 0 Å². The van der Waals surface area contributed by atoms with Gasteiger partial charge < -0.3 is 11.1 Å². The van der Waals surface area contributed by atoms with Gasteiger partial charge in [0, 0.05) is 12.6 Å². The van der Waals surface area contributed by atoms with Gasteiger partial charge in [-0.15, -0.1) is 0 Å². The molecule has 0 saturated carbocycles. The van der Waals surface area contributed by atoms with E-state index in [1.54, 1.807) is 0 Å². The highest BCUT2D eigenvalue weighted by Crippen LogP contribution is 2.12. The van der Waals surface area contributed by atoms with Crippen molar-refractivity contribution in [3.8, 4) is 0 Å². The average Bonchev–Trinajstić information content (AvgIpc) is 1.80. The molecular formula is C9H21N3. The third-order valence-corrected chi connectivity index (χ3v) is 1.16. The first-order chi connectivity index (χ1) is 5.31. The molecule has 0 radical (unpaired) electrons. The molecule has 3 nitrogen and oxygen atoms in total. The minimum absolute atomic E-state index is 0.212. The first-order valence-corrected chi connectivity index (χ1v) is 4.38. The van der Waals surface area contributed by atoms with Crippen molar-refractivity contribution >= 4 is 5.96 Å². The number of nitrogens with zero attached hydrogens (tertiary/aromatic N) is 1. The molecule has 0 bridgehead atoms. The van der Waals surface area contributed by atoms with Crippen LogP contribution in [0.2, 0.25) is 0 Å². The number of hydrogen-bond acceptors (Lipinski definition) is 1. The zero-order valence-corrected chi connectivity index (χ0v) is 8.81. The molecule has 12 heavy (non-hydrogen) atoms. The first-order valence-electron chi connectivity index (χ1n) is 4.38. The van der Waals surface area contributed by atoms with Gasteiger partial charge in [0.2, 0.25) is 0 Å². The quantitative estimate of drug-likeness (QED) is 0.486. The lowest BCUT2D eigenvalue weighted by molar-refractivity contribution is 0.428. The Hall–Kier alpha value is -0.730. The van der Waals surface area contributed by atoms with Crippen LogP contribution in [0.15, 0.2) is 4.99 Å². The molecule has 0 aromatic carbocycles. The van der Waals surface area contributed by atoms with Crippen LogP contribution in [0.3, 0.4) is 0 Å². The van der Waals surface area contributed by atoms with Crippen LogP contribution in [0.4, 0.5) is 0 Å². The maximum atomic E-state index is 5.62. The van der Waals surface area contributed by atoms with Crippen LogP contribution in [-0.4, -0.2) is 18.5 Å². The zero-order valence-electron chi connectivity index (χ0n) is 8.81. The number of hydrogen-bond donors (Lipinski definition) is 2. The van der Waals surface area contributed by atoms with Gasteiger partial charge in [0.1, 0.15) is 0 Å². The smallest absolute Gasteiger partial charge is 0.188 e. The van der Waals surface area contributed by atoms with E-state index in [1.807, 2.05) is 13.8 Å². The van der Waals surface area contributed by atoms with E-state index >= 15 is 0 Å². The van der Waals surface area contributed by atoms with E-state index in [4.69, 9.17) is 5.73 Å². The fourth-order valence-corrected chi connectivity index (χ4v) is 0.664. The number of nitrogens with one attached hydrogen (secondary N) is 1. The molecule has 0 atom stereocenters. The third-order valence-electron chi connectivity index (χ3n) is 1.16. The van der Waals surface area contributed by atoms with Gasteiger partial charge in [-0.25, -0.2) is 0 Å². The number of rotatable bonds is 2. The van der Waals surface area contributed by atoms with E-state index in [9.17, 15) is 0 Å². The van der Waals surface area contributed by atoms with Crippen LogP contribution in [0.5, 0.6) is 0 Å². The van der Waals surface area contributed by atoms with Gasteiger partial charge in [0.25, 0.3) is 0 Å². The van der Waals surface area contributed by atoms with Gasteiger partial charge in [-0.05, 0) is 19.3 Å². The Labute approximate surface area is 75.4 Å². The Bertz CT molecular complexity index is 154. The normalized spacial score (nSPS) is 13.7. The summed E-state index contributed by atoms with van der Waals surface area (Å²) < 4.78 is 0. The monoisotopic (exact) mass is 171 g/mol. The summed E-state index contributed by atoms with van der Waals surface area (Å²) >= 11 is 0. The van der Waals surface area contributed by atoms with Gasteiger partial charge in [0.15, 0.2) is 5.96 Å². The molecular weight excluding hydrogens is 150 g/mol. The number of guanidine groups is 1. The van der Waals surface area contributed by atoms with Crippen LogP contribution >= 0.6 is 0 Å². The summed E-state index contributed by atoms with van der Waals surface area (Å²) in [6.07, 6.45) is 0. The fraction of sp³-hybridized carbons (Fsp3) is 0.889. The second-order valence-corrected chi connectivity index (χ2v) is 4.56. The van der Waals surface area contributed by atoms with Crippen LogP contribution in [0, 0.1) is 5.41 Å². The van der Waals surface area contributed by atoms with E-state index in [0.717, 1.165) is 6.54 Å². The van der Waals surface area contributed by atoms with Crippen molar-refractivity contribution in [3.05, 3.63) is 0 Å². The van der Waals surface area contributed by atoms with Crippen LogP contribution in [0.25, 0.3) is 0 Å². The van der Waals surface area contributed by atoms with E-state index in [0.29, 0.717) is 12.0 Å². The first kappa shape index (κ1) is 11.3. The molecule has 0 amide bonds. The standard InChI is InChI=1S/C9H21N3/c1-7(2)12-8(10)11-6-9(3,4)5/h7H,6H2,1-5H3,(H3,10,11,12). The minimum atomic E-state index is 0.212. The molecule has 0 spiro atoms. The van der Waals surface area contributed by atoms with Gasteiger partial charge in [-0.3, -0.25) is 4.99 Å². The zero-order chi connectivity index (χ0) is 9.78. The Kier molecular flexibility index (Phi) is 4.07. The summed E-state index contributed by atoms with van der Waals surface area (Å²) in [6.45, 7) is 11.3. The topological polar surface area (TPSA) is 50.4 Å². The third kappa shape index (κ3) is 7.38. The lowest BCUT2D eigenvalue weighted by Gasteiger charge is -2.16. The van der Waals surface area contributed by atoms with Gasteiger partial charge in [-0.1, -0.05) is 20.8 Å². The highest BCUT2D eigenvalue weighted by atomic mass is 15.1. The lowest BCUT2D eigenvalue weighted by atomic mass is 9.97. The molecule has 0 unspecified atom stereocenters. The molecule has 0 rings (SSSR count). The predicted molar refractivity (Wildman–Crippen MR) is 54.2 cm³/mol. The summed E-state index contributed by atoms with van der Waals surface area (Å²) in [5, 5.41) is 3.04. The van der Waals surface area contributed by atoms with E-state index in [1.165, 1.54) is 0 Å². The molecule has 0 heterocycles. The molecule has 0 aromatic heterocycles. The van der Waals surface area contributed by atoms with Crippen molar-refractivity contribution < 1.29 is 0 Å². The van der Waals surface area contributed by atoms with E-state index < -0.39 is 0 Å². The van der Waals surface area contributed by atoms with E-state index in [2.05, 4.69) is 31.1 Å². The summed E-state index contributed by atoms with van der Waals surface area (Å²) in [7, 11) is 0. The summed E-state index contributed by atoms with van der Waals surface area (Å²) in [4.78, 5) is 4.22. The summed E-state index contributed by atoms with van der Waals surface area (Å²) in [6, 6.07) is 0.355. The van der Waals surface area contributed by atoms with Gasteiger partial charge >= 0.3 is 0 Å². The highest BCUT2D eigenvalue weighted by Gasteiger charge is 2.08. The summed E-state index contributed by atoms with van der Waals surface area (Å²) in [5.74, 6) is 0.542. The van der Waals surface area contributed by atoms with Crippen LogP contribution in [-0.2, 0) is 0 Å². The van der Waals surface area contributed by atoms with Crippen molar-refractivity contribution in [1.82, 2.24) is 5.32 Å². The maximum absolute atomic E-state index is 5.62. The fourth-order valence-electron chi connectivity index (χ4n) is 0.664. The van der Waals surface area contributed by atoms with Gasteiger partial charge in [0.05, 0.1) is 0 Å². The van der Waals surface area contributed by atoms with Crippen molar-refractivity contribution in [2.24, 2.45) is 16.1 Å². The van der Waals surface area contributed by atoms with E-state index in [-0.39, 0.29) is 5.41 Å². The second kappa shape index (κ2) is 4.33. The molecule has 72 valence electrons. The maximum Gasteiger partial charge on any atom is 0.188 e.